The second kappa shape index (κ2) is 9.36. The van der Waals surface area contributed by atoms with Crippen LogP contribution in [0.1, 0.15) is 33.5 Å². The summed E-state index contributed by atoms with van der Waals surface area (Å²) in [6, 6.07) is 16.4. The van der Waals surface area contributed by atoms with Crippen LogP contribution in [0.25, 0.3) is 11.1 Å². The molecular weight excluding hydrogens is 409 g/mol. The fourth-order valence-corrected chi connectivity index (χ4v) is 3.55. The van der Waals surface area contributed by atoms with Gasteiger partial charge in [0, 0.05) is 36.5 Å². The molecule has 0 saturated heterocycles. The van der Waals surface area contributed by atoms with Gasteiger partial charge in [-0.3, -0.25) is 19.8 Å². The third kappa shape index (κ3) is 4.63. The monoisotopic (exact) mass is 429 g/mol. The van der Waals surface area contributed by atoms with Crippen LogP contribution < -0.4 is 10.8 Å². The van der Waals surface area contributed by atoms with Crippen molar-refractivity contribution in [3.63, 3.8) is 0 Å². The van der Waals surface area contributed by atoms with E-state index < -0.39 is 5.91 Å². The lowest BCUT2D eigenvalue weighted by molar-refractivity contribution is -0.117. The second-order valence-corrected chi connectivity index (χ2v) is 7.31. The third-order valence-electron chi connectivity index (χ3n) is 5.24. The number of pyridine rings is 1. The van der Waals surface area contributed by atoms with Gasteiger partial charge in [-0.2, -0.15) is 0 Å². The number of halogens is 1. The Kier molecular flexibility index (Phi) is 6.19. The van der Waals surface area contributed by atoms with Crippen LogP contribution in [0.15, 0.2) is 84.7 Å². The van der Waals surface area contributed by atoms with E-state index in [0.717, 1.165) is 27.8 Å². The average Bonchev–Trinajstić information content (AvgIpc) is 3.29. The van der Waals surface area contributed by atoms with Crippen molar-refractivity contribution in [2.24, 2.45) is 0 Å². The molecule has 0 saturated carbocycles. The molecule has 7 heteroatoms. The van der Waals surface area contributed by atoms with Gasteiger partial charge in [-0.05, 0) is 64.2 Å². The zero-order valence-electron chi connectivity index (χ0n) is 17.0. The van der Waals surface area contributed by atoms with Crippen LogP contribution in [-0.4, -0.2) is 22.0 Å². The first-order valence-corrected chi connectivity index (χ1v) is 9.97. The molecule has 0 atom stereocenters. The summed E-state index contributed by atoms with van der Waals surface area (Å²) in [5.74, 6) is -1.17. The summed E-state index contributed by atoms with van der Waals surface area (Å²) in [6.45, 7) is 0.266. The van der Waals surface area contributed by atoms with Crippen LogP contribution in [0, 0.1) is 5.82 Å². The topological polar surface area (TPSA) is 91.3 Å². The van der Waals surface area contributed by atoms with Gasteiger partial charge in [0.15, 0.2) is 0 Å². The number of carbonyl (C=O) groups excluding carboxylic acids is 2. The number of amides is 2. The molecule has 3 N–H and O–H groups in total. The summed E-state index contributed by atoms with van der Waals surface area (Å²) in [5.41, 5.74) is 6.67. The minimum absolute atomic E-state index is 0.225. The van der Waals surface area contributed by atoms with Gasteiger partial charge in [0.25, 0.3) is 5.91 Å². The quantitative estimate of drug-likeness (QED) is 0.409. The minimum atomic E-state index is -0.602. The molecule has 4 rings (SSSR count). The van der Waals surface area contributed by atoms with E-state index in [9.17, 15) is 14.0 Å². The number of carbonyl (C=O) groups is 2. The lowest BCUT2D eigenvalue weighted by Crippen LogP contribution is -2.25. The lowest BCUT2D eigenvalue weighted by Gasteiger charge is -2.10. The Hall–Kier alpha value is -4.10. The molecule has 2 amide bonds. The van der Waals surface area contributed by atoms with Crippen molar-refractivity contribution in [3.05, 3.63) is 113 Å². The molecule has 0 fully saturated rings. The standard InChI is InChI=1S/C25H20FN3O3/c26-21-9-7-17(8-10-21)22-12-20(19-2-1-11-27-15-19)13-23(22)25(31)28-14-16-3-5-18(6-4-16)24(30)29-32/h1-12,15,32H,13-14H2,(H,28,31)(H,29,30). The van der Waals surface area contributed by atoms with Gasteiger partial charge in [-0.15, -0.1) is 0 Å². The number of hydrogen-bond acceptors (Lipinski definition) is 4. The van der Waals surface area contributed by atoms with E-state index in [1.807, 2.05) is 18.2 Å². The van der Waals surface area contributed by atoms with Gasteiger partial charge in [-0.25, -0.2) is 9.87 Å². The number of benzene rings is 2. The average molecular weight is 429 g/mol. The summed E-state index contributed by atoms with van der Waals surface area (Å²) in [6.07, 6.45) is 5.82. The first-order valence-electron chi connectivity index (χ1n) is 9.97. The Morgan fingerprint density at radius 1 is 0.969 bits per heavy atom. The van der Waals surface area contributed by atoms with Crippen LogP contribution in [0.3, 0.4) is 0 Å². The highest BCUT2D eigenvalue weighted by molar-refractivity contribution is 6.09. The van der Waals surface area contributed by atoms with E-state index in [2.05, 4.69) is 10.3 Å². The number of allylic oxidation sites excluding steroid dienone is 3. The normalized spacial score (nSPS) is 13.0. The van der Waals surface area contributed by atoms with E-state index in [1.165, 1.54) is 12.1 Å². The fraction of sp³-hybridized carbons (Fsp3) is 0.0800. The van der Waals surface area contributed by atoms with Crippen LogP contribution >= 0.6 is 0 Å². The molecule has 160 valence electrons. The summed E-state index contributed by atoms with van der Waals surface area (Å²) in [5, 5.41) is 11.6. The number of nitrogens with one attached hydrogen (secondary N) is 2. The first-order chi connectivity index (χ1) is 15.5. The van der Waals surface area contributed by atoms with E-state index in [4.69, 9.17) is 5.21 Å². The number of aromatic nitrogens is 1. The predicted octanol–water partition coefficient (Wildman–Crippen LogP) is 3.90. The van der Waals surface area contributed by atoms with Gasteiger partial charge < -0.3 is 5.32 Å². The maximum atomic E-state index is 13.4. The Morgan fingerprint density at radius 3 is 2.38 bits per heavy atom. The van der Waals surface area contributed by atoms with Gasteiger partial charge >= 0.3 is 0 Å². The molecule has 1 aromatic heterocycles. The zero-order chi connectivity index (χ0) is 22.5. The maximum absolute atomic E-state index is 13.4. The second-order valence-electron chi connectivity index (χ2n) is 7.31. The van der Waals surface area contributed by atoms with Gasteiger partial charge in [0.1, 0.15) is 5.82 Å². The smallest absolute Gasteiger partial charge is 0.274 e. The van der Waals surface area contributed by atoms with Crippen molar-refractivity contribution >= 4 is 23.0 Å². The highest BCUT2D eigenvalue weighted by atomic mass is 19.1. The van der Waals surface area contributed by atoms with Crippen molar-refractivity contribution in [1.29, 1.82) is 0 Å². The fourth-order valence-electron chi connectivity index (χ4n) is 3.55. The van der Waals surface area contributed by atoms with Crippen LogP contribution in [0.5, 0.6) is 0 Å². The van der Waals surface area contributed by atoms with Crippen molar-refractivity contribution in [3.8, 4) is 0 Å². The predicted molar refractivity (Wildman–Crippen MR) is 118 cm³/mol. The highest BCUT2D eigenvalue weighted by Gasteiger charge is 2.24. The van der Waals surface area contributed by atoms with Crippen molar-refractivity contribution in [1.82, 2.24) is 15.8 Å². The molecule has 0 unspecified atom stereocenters. The molecule has 3 aromatic rings. The van der Waals surface area contributed by atoms with Crippen molar-refractivity contribution < 1.29 is 19.2 Å². The molecule has 6 nitrogen and oxygen atoms in total. The molecule has 32 heavy (non-hydrogen) atoms. The van der Waals surface area contributed by atoms with Crippen LogP contribution in [-0.2, 0) is 11.3 Å². The Balaban J connectivity index is 1.55. The van der Waals surface area contributed by atoms with E-state index in [1.54, 1.807) is 54.3 Å². The van der Waals surface area contributed by atoms with Gasteiger partial charge in [0.2, 0.25) is 5.91 Å². The molecule has 1 heterocycles. The Labute approximate surface area is 184 Å². The number of hydrogen-bond donors (Lipinski definition) is 3. The largest absolute Gasteiger partial charge is 0.348 e. The molecule has 0 spiro atoms. The number of hydroxylamine groups is 1. The van der Waals surface area contributed by atoms with Crippen molar-refractivity contribution in [2.75, 3.05) is 0 Å². The third-order valence-corrected chi connectivity index (χ3v) is 5.24. The Morgan fingerprint density at radius 2 is 1.72 bits per heavy atom. The lowest BCUT2D eigenvalue weighted by atomic mass is 10.0. The number of rotatable bonds is 6. The van der Waals surface area contributed by atoms with Crippen LogP contribution in [0.4, 0.5) is 4.39 Å². The van der Waals surface area contributed by atoms with E-state index in [-0.39, 0.29) is 18.3 Å². The van der Waals surface area contributed by atoms with Crippen LogP contribution in [0.2, 0.25) is 0 Å². The molecule has 0 aliphatic heterocycles. The number of nitrogens with zero attached hydrogens (tertiary/aromatic N) is 1. The Bertz CT molecular complexity index is 1200. The highest BCUT2D eigenvalue weighted by Crippen LogP contribution is 2.37. The molecule has 1 aliphatic rings. The zero-order valence-corrected chi connectivity index (χ0v) is 17.0. The van der Waals surface area contributed by atoms with Gasteiger partial charge in [-0.1, -0.05) is 30.3 Å². The molecular formula is C25H20FN3O3. The first kappa shape index (κ1) is 21.1. The summed E-state index contributed by atoms with van der Waals surface area (Å²) >= 11 is 0. The van der Waals surface area contributed by atoms with E-state index in [0.29, 0.717) is 17.6 Å². The molecule has 2 aromatic carbocycles. The molecule has 0 radical (unpaired) electrons. The van der Waals surface area contributed by atoms with E-state index >= 15 is 0 Å². The molecule has 1 aliphatic carbocycles. The van der Waals surface area contributed by atoms with Crippen molar-refractivity contribution in [2.45, 2.75) is 13.0 Å². The summed E-state index contributed by atoms with van der Waals surface area (Å²) < 4.78 is 13.4. The SMILES string of the molecule is O=C(NCc1ccc(C(=O)NO)cc1)C1=C(c2ccc(F)cc2)C=C(c2cccnc2)C1. The van der Waals surface area contributed by atoms with Gasteiger partial charge in [0.05, 0.1) is 0 Å². The molecule has 0 bridgehead atoms. The maximum Gasteiger partial charge on any atom is 0.274 e. The minimum Gasteiger partial charge on any atom is -0.348 e. The summed E-state index contributed by atoms with van der Waals surface area (Å²) in [4.78, 5) is 28.7. The summed E-state index contributed by atoms with van der Waals surface area (Å²) in [7, 11) is 0.